The number of aliphatic carboxylic acids is 1. The Labute approximate surface area is 186 Å². The highest BCUT2D eigenvalue weighted by atomic mass is 16.7. The summed E-state index contributed by atoms with van der Waals surface area (Å²) < 4.78 is 16.0. The largest absolute Gasteiger partial charge is 0.479 e. The Morgan fingerprint density at radius 1 is 0.939 bits per heavy atom. The highest BCUT2D eigenvalue weighted by Crippen LogP contribution is 2.29. The van der Waals surface area contributed by atoms with E-state index >= 15 is 0 Å². The summed E-state index contributed by atoms with van der Waals surface area (Å²) in [6, 6.07) is 13.0. The number of aliphatic hydroxyl groups excluding tert-OH is 3. The van der Waals surface area contributed by atoms with Crippen molar-refractivity contribution in [1.82, 2.24) is 0 Å². The molecule has 1 saturated heterocycles. The summed E-state index contributed by atoms with van der Waals surface area (Å²) in [5.74, 6) is -2.45. The quantitative estimate of drug-likeness (QED) is 0.413. The molecule has 172 valence electrons. The first-order valence-corrected chi connectivity index (χ1v) is 9.96. The zero-order chi connectivity index (χ0) is 23.9. The Kier molecular flexibility index (Phi) is 6.00. The van der Waals surface area contributed by atoms with Crippen LogP contribution < -0.4 is 5.43 Å². The van der Waals surface area contributed by atoms with Gasteiger partial charge >= 0.3 is 11.9 Å². The van der Waals surface area contributed by atoms with Crippen molar-refractivity contribution < 1.29 is 43.9 Å². The summed E-state index contributed by atoms with van der Waals surface area (Å²) in [4.78, 5) is 37.1. The van der Waals surface area contributed by atoms with Gasteiger partial charge in [0.15, 0.2) is 17.1 Å². The summed E-state index contributed by atoms with van der Waals surface area (Å²) >= 11 is 0. The molecule has 0 amide bonds. The fraction of sp³-hybridized carbons (Fsp3) is 0.261. The molecule has 1 aliphatic heterocycles. The lowest BCUT2D eigenvalue weighted by atomic mass is 9.99. The first-order chi connectivity index (χ1) is 15.7. The van der Waals surface area contributed by atoms with Crippen LogP contribution in [0.2, 0.25) is 0 Å². The lowest BCUT2D eigenvalue weighted by molar-refractivity contribution is -0.278. The van der Waals surface area contributed by atoms with Crippen LogP contribution in [0.5, 0.6) is 0 Å². The molecular weight excluding hydrogens is 436 g/mol. The van der Waals surface area contributed by atoms with Crippen molar-refractivity contribution in [2.24, 2.45) is 0 Å². The average Bonchev–Trinajstić information content (AvgIpc) is 2.81. The second kappa shape index (κ2) is 8.75. The predicted molar refractivity (Wildman–Crippen MR) is 112 cm³/mol. The first kappa shape index (κ1) is 22.6. The van der Waals surface area contributed by atoms with Gasteiger partial charge in [0.25, 0.3) is 0 Å². The second-order valence-corrected chi connectivity index (χ2v) is 7.57. The average molecular weight is 456 g/mol. The number of hydrogen-bond acceptors (Lipinski definition) is 9. The molecule has 0 spiro atoms. The van der Waals surface area contributed by atoms with Gasteiger partial charge in [-0.25, -0.2) is 9.59 Å². The molecule has 0 radical (unpaired) electrons. The number of benzene rings is 2. The number of aliphatic hydroxyl groups is 3. The normalized spacial score (nSPS) is 25.0. The number of hydrogen-bond donors (Lipinski definition) is 4. The number of para-hydroxylation sites is 1. The number of carboxylic acid groups (broad SMARTS) is 1. The van der Waals surface area contributed by atoms with Crippen LogP contribution in [0.25, 0.3) is 22.3 Å². The number of rotatable bonds is 4. The highest BCUT2D eigenvalue weighted by molar-refractivity contribution is 6.02. The molecule has 0 aliphatic carbocycles. The molecule has 4 N–H and O–H groups in total. The van der Waals surface area contributed by atoms with Gasteiger partial charge in [-0.1, -0.05) is 36.4 Å². The Balaban J connectivity index is 1.74. The van der Waals surface area contributed by atoms with E-state index in [0.717, 1.165) is 0 Å². The zero-order valence-electron chi connectivity index (χ0n) is 17.2. The molecule has 5 atom stereocenters. The number of fused-ring (bicyclic) bond motifs is 1. The van der Waals surface area contributed by atoms with E-state index in [4.69, 9.17) is 19.0 Å². The number of carbonyl (C=O) groups is 2. The number of carboxylic acids is 1. The predicted octanol–water partition coefficient (Wildman–Crippen LogP) is 0.817. The van der Waals surface area contributed by atoms with Crippen molar-refractivity contribution in [1.29, 1.82) is 0 Å². The molecular formula is C23H20O10. The molecule has 10 nitrogen and oxygen atoms in total. The Morgan fingerprint density at radius 2 is 1.64 bits per heavy atom. The molecule has 1 unspecified atom stereocenters. The Bertz CT molecular complexity index is 1270. The Morgan fingerprint density at radius 3 is 2.30 bits per heavy atom. The highest BCUT2D eigenvalue weighted by Gasteiger charge is 2.48. The SMILES string of the molecule is Cc1c(-c2ccccc2)oc2c(C(=O)O[C@@H]3OC(C(=O)O)[C@@H](O)[C@H](O)[C@@H]3O)cccc2c1=O. The van der Waals surface area contributed by atoms with E-state index in [2.05, 4.69) is 0 Å². The first-order valence-electron chi connectivity index (χ1n) is 9.96. The van der Waals surface area contributed by atoms with E-state index in [1.165, 1.54) is 18.2 Å². The smallest absolute Gasteiger partial charge is 0.344 e. The van der Waals surface area contributed by atoms with Crippen molar-refractivity contribution >= 4 is 22.9 Å². The zero-order valence-corrected chi connectivity index (χ0v) is 17.2. The maximum atomic E-state index is 12.9. The van der Waals surface area contributed by atoms with Gasteiger partial charge in [0, 0.05) is 11.1 Å². The molecule has 2 aromatic carbocycles. The molecule has 0 saturated carbocycles. The van der Waals surface area contributed by atoms with Gasteiger partial charge in [0.1, 0.15) is 29.6 Å². The molecule has 1 fully saturated rings. The monoisotopic (exact) mass is 456 g/mol. The van der Waals surface area contributed by atoms with Gasteiger partial charge in [-0.05, 0) is 19.1 Å². The van der Waals surface area contributed by atoms with Crippen LogP contribution in [0.4, 0.5) is 0 Å². The molecule has 1 aliphatic rings. The summed E-state index contributed by atoms with van der Waals surface area (Å²) in [6.07, 6.45) is -9.60. The van der Waals surface area contributed by atoms with Crippen molar-refractivity contribution in [3.05, 3.63) is 69.9 Å². The van der Waals surface area contributed by atoms with E-state index in [0.29, 0.717) is 11.1 Å². The van der Waals surface area contributed by atoms with Crippen LogP contribution in [0.3, 0.4) is 0 Å². The third-order valence-electron chi connectivity index (χ3n) is 5.44. The van der Waals surface area contributed by atoms with Gasteiger partial charge in [-0.2, -0.15) is 0 Å². The molecule has 33 heavy (non-hydrogen) atoms. The van der Waals surface area contributed by atoms with Crippen molar-refractivity contribution in [2.75, 3.05) is 0 Å². The topological polar surface area (TPSA) is 164 Å². The molecule has 2 heterocycles. The summed E-state index contributed by atoms with van der Waals surface area (Å²) in [7, 11) is 0. The molecule has 1 aromatic heterocycles. The fourth-order valence-corrected chi connectivity index (χ4v) is 3.65. The third-order valence-corrected chi connectivity index (χ3v) is 5.44. The number of ether oxygens (including phenoxy) is 2. The number of esters is 1. The van der Waals surface area contributed by atoms with E-state index < -0.39 is 42.6 Å². The summed E-state index contributed by atoms with van der Waals surface area (Å²) in [5.41, 5.74) is 0.349. The van der Waals surface area contributed by atoms with E-state index in [9.17, 15) is 29.7 Å². The lowest BCUT2D eigenvalue weighted by Gasteiger charge is -2.37. The summed E-state index contributed by atoms with van der Waals surface area (Å²) in [6.45, 7) is 1.60. The van der Waals surface area contributed by atoms with Crippen LogP contribution in [0.15, 0.2) is 57.7 Å². The molecule has 10 heteroatoms. The maximum Gasteiger partial charge on any atom is 0.344 e. The van der Waals surface area contributed by atoms with E-state index in [-0.39, 0.29) is 27.7 Å². The standard InChI is InChI=1S/C23H20O10/c1-10-14(24)12-8-5-9-13(19(12)31-18(10)11-6-3-2-4-7-11)22(30)33-23-17(27)15(25)16(26)20(32-23)21(28)29/h2-9,15-17,20,23,25-27H,1H3,(H,28,29)/t15-,16-,17-,20?,23-/m0/s1. The van der Waals surface area contributed by atoms with Gasteiger partial charge in [0.2, 0.25) is 6.29 Å². The minimum absolute atomic E-state index is 0.0716. The van der Waals surface area contributed by atoms with E-state index in [1.807, 2.05) is 0 Å². The number of carbonyl (C=O) groups excluding carboxylic acids is 1. The van der Waals surface area contributed by atoms with Crippen molar-refractivity contribution in [3.63, 3.8) is 0 Å². The van der Waals surface area contributed by atoms with Gasteiger partial charge in [-0.3, -0.25) is 4.79 Å². The second-order valence-electron chi connectivity index (χ2n) is 7.57. The third kappa shape index (κ3) is 4.00. The van der Waals surface area contributed by atoms with Crippen LogP contribution >= 0.6 is 0 Å². The molecule has 3 aromatic rings. The Hall–Kier alpha value is -3.57. The van der Waals surface area contributed by atoms with Crippen LogP contribution in [-0.4, -0.2) is 63.1 Å². The van der Waals surface area contributed by atoms with Crippen molar-refractivity contribution in [3.8, 4) is 11.3 Å². The van der Waals surface area contributed by atoms with E-state index in [1.54, 1.807) is 37.3 Å². The van der Waals surface area contributed by atoms with Gasteiger partial charge in [0.05, 0.1) is 5.39 Å². The molecule has 0 bridgehead atoms. The summed E-state index contributed by atoms with van der Waals surface area (Å²) in [5, 5.41) is 39.1. The van der Waals surface area contributed by atoms with Crippen molar-refractivity contribution in [2.45, 2.75) is 37.6 Å². The fourth-order valence-electron chi connectivity index (χ4n) is 3.65. The van der Waals surface area contributed by atoms with Crippen LogP contribution in [0.1, 0.15) is 15.9 Å². The minimum Gasteiger partial charge on any atom is -0.479 e. The minimum atomic E-state index is -1.93. The van der Waals surface area contributed by atoms with Crippen LogP contribution in [-0.2, 0) is 14.3 Å². The molecule has 4 rings (SSSR count). The van der Waals surface area contributed by atoms with Gasteiger partial charge < -0.3 is 34.3 Å². The van der Waals surface area contributed by atoms with Crippen LogP contribution in [0, 0.1) is 6.92 Å². The van der Waals surface area contributed by atoms with Gasteiger partial charge in [-0.15, -0.1) is 0 Å². The lowest BCUT2D eigenvalue weighted by Crippen LogP contribution is -2.60. The maximum absolute atomic E-state index is 12.9.